The second kappa shape index (κ2) is 4.15. The molecule has 2 aromatic carbocycles. The van der Waals surface area contributed by atoms with E-state index < -0.39 is 5.60 Å². The van der Waals surface area contributed by atoms with E-state index in [2.05, 4.69) is 0 Å². The van der Waals surface area contributed by atoms with E-state index in [1.807, 2.05) is 30.3 Å². The van der Waals surface area contributed by atoms with Crippen LogP contribution in [0.25, 0.3) is 0 Å². The van der Waals surface area contributed by atoms with E-state index in [1.54, 1.807) is 6.07 Å². The van der Waals surface area contributed by atoms with Gasteiger partial charge < -0.3 is 19.7 Å². The standard InChI is InChI=1S/C17H16O4/c1-20-15-7-12-10(6-13(15)18)8-17(19)9-21-14-5-3-2-4-11(14)16(12)17/h2-7,16,18-19H,8-9H2,1H3. The number of aromatic hydroxyl groups is 1. The van der Waals surface area contributed by atoms with Crippen molar-refractivity contribution < 1.29 is 19.7 Å². The molecule has 21 heavy (non-hydrogen) atoms. The van der Waals surface area contributed by atoms with Crippen LogP contribution >= 0.6 is 0 Å². The largest absolute Gasteiger partial charge is 0.504 e. The smallest absolute Gasteiger partial charge is 0.160 e. The molecule has 2 aromatic rings. The molecule has 1 heterocycles. The quantitative estimate of drug-likeness (QED) is 0.843. The van der Waals surface area contributed by atoms with Gasteiger partial charge in [-0.15, -0.1) is 0 Å². The van der Waals surface area contributed by atoms with Gasteiger partial charge in [0, 0.05) is 17.9 Å². The topological polar surface area (TPSA) is 58.9 Å². The highest BCUT2D eigenvalue weighted by atomic mass is 16.5. The van der Waals surface area contributed by atoms with Gasteiger partial charge in [-0.2, -0.15) is 0 Å². The molecule has 0 saturated carbocycles. The Morgan fingerprint density at radius 1 is 1.24 bits per heavy atom. The van der Waals surface area contributed by atoms with Crippen LogP contribution in [0.1, 0.15) is 22.6 Å². The summed E-state index contributed by atoms with van der Waals surface area (Å²) in [4.78, 5) is 0. The molecule has 0 bridgehead atoms. The minimum absolute atomic E-state index is 0.104. The van der Waals surface area contributed by atoms with Gasteiger partial charge in [-0.3, -0.25) is 0 Å². The highest BCUT2D eigenvalue weighted by Crippen LogP contribution is 2.52. The monoisotopic (exact) mass is 284 g/mol. The zero-order chi connectivity index (χ0) is 14.6. The number of fused-ring (bicyclic) bond motifs is 5. The molecule has 2 atom stereocenters. The van der Waals surface area contributed by atoms with Gasteiger partial charge in [0.2, 0.25) is 0 Å². The number of methoxy groups -OCH3 is 1. The summed E-state index contributed by atoms with van der Waals surface area (Å²) >= 11 is 0. The second-order valence-corrected chi connectivity index (χ2v) is 5.76. The summed E-state index contributed by atoms with van der Waals surface area (Å²) in [5, 5.41) is 20.9. The van der Waals surface area contributed by atoms with Gasteiger partial charge in [0.05, 0.1) is 7.11 Å². The number of rotatable bonds is 1. The Morgan fingerprint density at radius 3 is 2.86 bits per heavy atom. The van der Waals surface area contributed by atoms with Crippen LogP contribution in [0.15, 0.2) is 36.4 Å². The van der Waals surface area contributed by atoms with E-state index >= 15 is 0 Å². The number of phenolic OH excluding ortho intramolecular Hbond substituents is 1. The molecule has 0 fully saturated rings. The van der Waals surface area contributed by atoms with Crippen LogP contribution in [-0.4, -0.2) is 29.5 Å². The molecule has 0 saturated heterocycles. The Balaban J connectivity index is 1.94. The maximum Gasteiger partial charge on any atom is 0.160 e. The van der Waals surface area contributed by atoms with Crippen LogP contribution in [0, 0.1) is 0 Å². The van der Waals surface area contributed by atoms with Crippen molar-refractivity contribution in [3.63, 3.8) is 0 Å². The summed E-state index contributed by atoms with van der Waals surface area (Å²) in [6, 6.07) is 11.3. The summed E-state index contributed by atoms with van der Waals surface area (Å²) in [6.45, 7) is 0.256. The van der Waals surface area contributed by atoms with Crippen LogP contribution in [0.2, 0.25) is 0 Å². The summed E-state index contributed by atoms with van der Waals surface area (Å²) in [5.74, 6) is 1.20. The number of hydrogen-bond acceptors (Lipinski definition) is 4. The van der Waals surface area contributed by atoms with Crippen molar-refractivity contribution in [2.75, 3.05) is 13.7 Å². The van der Waals surface area contributed by atoms with E-state index in [1.165, 1.54) is 7.11 Å². The number of benzene rings is 2. The van der Waals surface area contributed by atoms with E-state index in [-0.39, 0.29) is 18.3 Å². The third-order valence-corrected chi connectivity index (χ3v) is 4.49. The first-order chi connectivity index (χ1) is 10.1. The molecule has 0 amide bonds. The third-order valence-electron chi connectivity index (χ3n) is 4.49. The van der Waals surface area contributed by atoms with Gasteiger partial charge in [0.1, 0.15) is 18.0 Å². The molecule has 1 aliphatic carbocycles. The van der Waals surface area contributed by atoms with E-state index in [0.717, 1.165) is 22.4 Å². The van der Waals surface area contributed by atoms with Crippen molar-refractivity contribution in [1.29, 1.82) is 0 Å². The minimum Gasteiger partial charge on any atom is -0.504 e. The zero-order valence-electron chi connectivity index (χ0n) is 11.7. The van der Waals surface area contributed by atoms with E-state index in [4.69, 9.17) is 9.47 Å². The lowest BCUT2D eigenvalue weighted by Crippen LogP contribution is -2.43. The first-order valence-corrected chi connectivity index (χ1v) is 6.96. The number of para-hydroxylation sites is 1. The van der Waals surface area contributed by atoms with Crippen molar-refractivity contribution >= 4 is 0 Å². The van der Waals surface area contributed by atoms with Gasteiger partial charge >= 0.3 is 0 Å². The molecule has 2 N–H and O–H groups in total. The molecule has 4 rings (SSSR count). The first-order valence-electron chi connectivity index (χ1n) is 6.96. The van der Waals surface area contributed by atoms with Crippen LogP contribution < -0.4 is 9.47 Å². The predicted molar refractivity (Wildman–Crippen MR) is 77.1 cm³/mol. The fraction of sp³-hybridized carbons (Fsp3) is 0.294. The summed E-state index contributed by atoms with van der Waals surface area (Å²) in [7, 11) is 1.53. The SMILES string of the molecule is COc1cc2c(cc1O)CC1(O)COc3ccccc3C21. The van der Waals surface area contributed by atoms with E-state index in [9.17, 15) is 10.2 Å². The average molecular weight is 284 g/mol. The van der Waals surface area contributed by atoms with Gasteiger partial charge in [-0.05, 0) is 29.3 Å². The molecular weight excluding hydrogens is 268 g/mol. The van der Waals surface area contributed by atoms with Crippen molar-refractivity contribution in [3.05, 3.63) is 53.1 Å². The fourth-order valence-electron chi connectivity index (χ4n) is 3.58. The second-order valence-electron chi connectivity index (χ2n) is 5.76. The number of phenols is 1. The molecule has 4 heteroatoms. The lowest BCUT2D eigenvalue weighted by atomic mass is 9.80. The van der Waals surface area contributed by atoms with Crippen molar-refractivity contribution in [2.45, 2.75) is 17.9 Å². The number of hydrogen-bond donors (Lipinski definition) is 2. The highest BCUT2D eigenvalue weighted by molar-refractivity contribution is 5.58. The Hall–Kier alpha value is -2.20. The molecule has 2 aliphatic rings. The van der Waals surface area contributed by atoms with Gasteiger partial charge in [0.25, 0.3) is 0 Å². The first kappa shape index (κ1) is 12.5. The van der Waals surface area contributed by atoms with Gasteiger partial charge in [0.15, 0.2) is 11.5 Å². The van der Waals surface area contributed by atoms with Crippen LogP contribution in [0.4, 0.5) is 0 Å². The third kappa shape index (κ3) is 1.66. The predicted octanol–water partition coefficient (Wildman–Crippen LogP) is 2.21. The zero-order valence-corrected chi connectivity index (χ0v) is 11.7. The minimum atomic E-state index is -0.963. The molecule has 4 nitrogen and oxygen atoms in total. The Kier molecular flexibility index (Phi) is 2.48. The Labute approximate surface area is 122 Å². The number of ether oxygens (including phenoxy) is 2. The molecule has 0 aromatic heterocycles. The van der Waals surface area contributed by atoms with Crippen LogP contribution in [0.3, 0.4) is 0 Å². The average Bonchev–Trinajstić information content (AvgIpc) is 2.77. The van der Waals surface area contributed by atoms with Crippen LogP contribution in [-0.2, 0) is 6.42 Å². The molecule has 2 unspecified atom stereocenters. The normalized spacial score (nSPS) is 25.5. The van der Waals surface area contributed by atoms with Gasteiger partial charge in [-0.1, -0.05) is 18.2 Å². The fourth-order valence-corrected chi connectivity index (χ4v) is 3.58. The van der Waals surface area contributed by atoms with Crippen molar-refractivity contribution in [3.8, 4) is 17.2 Å². The molecule has 0 spiro atoms. The molecular formula is C17H16O4. The summed E-state index contributed by atoms with van der Waals surface area (Å²) < 4.78 is 10.9. The van der Waals surface area contributed by atoms with Crippen molar-refractivity contribution in [1.82, 2.24) is 0 Å². The highest BCUT2D eigenvalue weighted by Gasteiger charge is 2.50. The Bertz CT molecular complexity index is 725. The maximum absolute atomic E-state index is 11.0. The summed E-state index contributed by atoms with van der Waals surface area (Å²) in [5.41, 5.74) is 1.97. The molecule has 0 radical (unpaired) electrons. The molecule has 1 aliphatic heterocycles. The maximum atomic E-state index is 11.0. The van der Waals surface area contributed by atoms with E-state index in [0.29, 0.717) is 12.2 Å². The van der Waals surface area contributed by atoms with Crippen LogP contribution in [0.5, 0.6) is 17.2 Å². The van der Waals surface area contributed by atoms with Gasteiger partial charge in [-0.25, -0.2) is 0 Å². The lowest BCUT2D eigenvalue weighted by molar-refractivity contribution is -0.0217. The Morgan fingerprint density at radius 2 is 2.05 bits per heavy atom. The summed E-state index contributed by atoms with van der Waals surface area (Å²) in [6.07, 6.45) is 0.471. The molecule has 108 valence electrons. The lowest BCUT2D eigenvalue weighted by Gasteiger charge is -2.36. The number of aliphatic hydroxyl groups is 1. The van der Waals surface area contributed by atoms with Crippen molar-refractivity contribution in [2.24, 2.45) is 0 Å².